The Kier molecular flexibility index (Phi) is 6.85. The minimum atomic E-state index is -1.03. The molecule has 0 saturated heterocycles. The molecule has 1 aliphatic rings. The van der Waals surface area contributed by atoms with Gasteiger partial charge in [0.05, 0.1) is 0 Å². The maximum atomic E-state index is 12.3. The number of H-pyrrole nitrogens is 1. The maximum Gasteiger partial charge on any atom is 0.352 e. The van der Waals surface area contributed by atoms with Gasteiger partial charge in [-0.3, -0.25) is 0 Å². The predicted octanol–water partition coefficient (Wildman–Crippen LogP) is 7.81. The number of aromatic amines is 1. The number of carboxylic acids is 1. The summed E-state index contributed by atoms with van der Waals surface area (Å²) in [5, 5.41) is 11.4. The lowest BCUT2D eigenvalue weighted by atomic mass is 9.94. The van der Waals surface area contributed by atoms with E-state index >= 15 is 0 Å². The van der Waals surface area contributed by atoms with Gasteiger partial charge in [0.25, 0.3) is 0 Å². The zero-order valence-electron chi connectivity index (χ0n) is 21.0. The molecule has 0 unspecified atom stereocenters. The SMILES string of the molecule is CSc1ccc(COc2ccc3[nH]c(C(=O)O)c(-c4ccccc4)c3c2Cc2cc3c(cc2Cl)OCO3)cc1. The molecule has 0 fully saturated rings. The molecular formula is C31H24ClNO5S. The number of fused-ring (bicyclic) bond motifs is 2. The number of carbonyl (C=O) groups is 1. The highest BCUT2D eigenvalue weighted by Crippen LogP contribution is 2.43. The molecule has 1 aromatic heterocycles. The Hall–Kier alpha value is -4.07. The molecule has 0 spiro atoms. The van der Waals surface area contributed by atoms with E-state index < -0.39 is 5.97 Å². The van der Waals surface area contributed by atoms with Gasteiger partial charge in [0.2, 0.25) is 6.79 Å². The second-order valence-corrected chi connectivity index (χ2v) is 10.4. The largest absolute Gasteiger partial charge is 0.489 e. The number of aromatic nitrogens is 1. The second kappa shape index (κ2) is 10.6. The van der Waals surface area contributed by atoms with E-state index in [1.165, 1.54) is 4.90 Å². The first-order valence-electron chi connectivity index (χ1n) is 12.3. The van der Waals surface area contributed by atoms with Crippen molar-refractivity contribution >= 4 is 40.2 Å². The Bertz CT molecular complexity index is 1680. The van der Waals surface area contributed by atoms with Crippen LogP contribution in [0.1, 0.15) is 27.2 Å². The van der Waals surface area contributed by atoms with Crippen molar-refractivity contribution in [3.05, 3.63) is 106 Å². The zero-order chi connectivity index (χ0) is 26.9. The lowest BCUT2D eigenvalue weighted by molar-refractivity contribution is 0.0692. The van der Waals surface area contributed by atoms with Gasteiger partial charge in [-0.1, -0.05) is 54.1 Å². The van der Waals surface area contributed by atoms with Gasteiger partial charge < -0.3 is 24.3 Å². The molecule has 1 aliphatic heterocycles. The first-order chi connectivity index (χ1) is 19.0. The summed E-state index contributed by atoms with van der Waals surface area (Å²) in [4.78, 5) is 16.7. The third kappa shape index (κ3) is 4.91. The van der Waals surface area contributed by atoms with E-state index in [0.29, 0.717) is 46.4 Å². The van der Waals surface area contributed by atoms with E-state index in [4.69, 9.17) is 25.8 Å². The van der Waals surface area contributed by atoms with Gasteiger partial charge in [-0.15, -0.1) is 11.8 Å². The van der Waals surface area contributed by atoms with Crippen LogP contribution < -0.4 is 14.2 Å². The van der Waals surface area contributed by atoms with Crippen molar-refractivity contribution in [2.24, 2.45) is 0 Å². The van der Waals surface area contributed by atoms with Crippen molar-refractivity contribution in [1.29, 1.82) is 0 Å². The number of carboxylic acid groups (broad SMARTS) is 1. The summed E-state index contributed by atoms with van der Waals surface area (Å²) in [7, 11) is 0. The van der Waals surface area contributed by atoms with Gasteiger partial charge in [0, 0.05) is 44.4 Å². The van der Waals surface area contributed by atoms with Crippen molar-refractivity contribution in [3.8, 4) is 28.4 Å². The summed E-state index contributed by atoms with van der Waals surface area (Å²) < 4.78 is 17.5. The van der Waals surface area contributed by atoms with Crippen LogP contribution in [0.15, 0.2) is 83.8 Å². The summed E-state index contributed by atoms with van der Waals surface area (Å²) in [5.41, 5.74) is 4.91. The molecule has 5 aromatic rings. The number of benzene rings is 4. The smallest absolute Gasteiger partial charge is 0.352 e. The standard InChI is InChI=1S/C31H24ClNO5S/c1-39-21-9-7-18(8-10-21)16-36-25-12-11-24-29(28(30(33-24)31(34)35)19-5-3-2-4-6-19)22(25)13-20-14-26-27(15-23(20)32)38-17-37-26/h2-12,14-15,33H,13,16-17H2,1H3,(H,34,35). The van der Waals surface area contributed by atoms with Crippen LogP contribution in [0, 0.1) is 0 Å². The van der Waals surface area contributed by atoms with Crippen LogP contribution in [0.4, 0.5) is 0 Å². The number of ether oxygens (including phenoxy) is 3. The summed E-state index contributed by atoms with van der Waals surface area (Å²) in [6.45, 7) is 0.505. The Labute approximate surface area is 234 Å². The third-order valence-electron chi connectivity index (χ3n) is 6.77. The topological polar surface area (TPSA) is 80.8 Å². The first kappa shape index (κ1) is 25.2. The lowest BCUT2D eigenvalue weighted by Gasteiger charge is -2.16. The van der Waals surface area contributed by atoms with Gasteiger partial charge in [-0.25, -0.2) is 4.79 Å². The second-order valence-electron chi connectivity index (χ2n) is 9.12. The van der Waals surface area contributed by atoms with Crippen molar-refractivity contribution in [3.63, 3.8) is 0 Å². The minimum Gasteiger partial charge on any atom is -0.489 e. The molecule has 4 aromatic carbocycles. The third-order valence-corrected chi connectivity index (χ3v) is 7.86. The summed E-state index contributed by atoms with van der Waals surface area (Å²) in [6.07, 6.45) is 2.44. The first-order valence-corrected chi connectivity index (χ1v) is 13.9. The van der Waals surface area contributed by atoms with Crippen LogP contribution >= 0.6 is 23.4 Å². The number of halogens is 1. The number of aromatic carboxylic acids is 1. The van der Waals surface area contributed by atoms with Crippen LogP contribution in [0.5, 0.6) is 17.2 Å². The van der Waals surface area contributed by atoms with Crippen LogP contribution in [0.3, 0.4) is 0 Å². The molecule has 196 valence electrons. The van der Waals surface area contributed by atoms with Crippen molar-refractivity contribution in [2.75, 3.05) is 13.0 Å². The van der Waals surface area contributed by atoms with E-state index in [-0.39, 0.29) is 12.5 Å². The fraction of sp³-hybridized carbons (Fsp3) is 0.129. The predicted molar refractivity (Wildman–Crippen MR) is 154 cm³/mol. The molecule has 0 radical (unpaired) electrons. The molecule has 0 bridgehead atoms. The molecule has 0 saturated carbocycles. The van der Waals surface area contributed by atoms with Gasteiger partial charge in [0.1, 0.15) is 18.1 Å². The molecule has 6 nitrogen and oxygen atoms in total. The Balaban J connectivity index is 1.51. The average molecular weight is 558 g/mol. The number of rotatable bonds is 8. The van der Waals surface area contributed by atoms with E-state index in [2.05, 4.69) is 17.1 Å². The molecule has 2 heterocycles. The monoisotopic (exact) mass is 557 g/mol. The number of hydrogen-bond donors (Lipinski definition) is 2. The van der Waals surface area contributed by atoms with Crippen LogP contribution in [0.25, 0.3) is 22.0 Å². The Morgan fingerprint density at radius 1 is 1.03 bits per heavy atom. The van der Waals surface area contributed by atoms with E-state index in [9.17, 15) is 9.90 Å². The highest BCUT2D eigenvalue weighted by molar-refractivity contribution is 7.98. The number of nitrogens with one attached hydrogen (secondary N) is 1. The fourth-order valence-corrected chi connectivity index (χ4v) is 5.50. The molecule has 0 amide bonds. The summed E-state index contributed by atoms with van der Waals surface area (Å²) in [5.74, 6) is 0.847. The van der Waals surface area contributed by atoms with Crippen LogP contribution in [-0.4, -0.2) is 29.1 Å². The van der Waals surface area contributed by atoms with Gasteiger partial charge in [-0.2, -0.15) is 0 Å². The average Bonchev–Trinajstić information content (AvgIpc) is 3.58. The highest BCUT2D eigenvalue weighted by Gasteiger charge is 2.25. The molecule has 2 N–H and O–H groups in total. The fourth-order valence-electron chi connectivity index (χ4n) is 4.87. The summed E-state index contributed by atoms with van der Waals surface area (Å²) >= 11 is 8.38. The normalized spacial score (nSPS) is 12.2. The van der Waals surface area contributed by atoms with Gasteiger partial charge >= 0.3 is 5.97 Å². The lowest BCUT2D eigenvalue weighted by Crippen LogP contribution is -2.02. The number of thioether (sulfide) groups is 1. The van der Waals surface area contributed by atoms with Crippen molar-refractivity contribution in [2.45, 2.75) is 17.9 Å². The number of hydrogen-bond acceptors (Lipinski definition) is 5. The molecule has 0 aliphatic carbocycles. The van der Waals surface area contributed by atoms with E-state index in [0.717, 1.165) is 27.6 Å². The highest BCUT2D eigenvalue weighted by atomic mass is 35.5. The van der Waals surface area contributed by atoms with Crippen molar-refractivity contribution in [1.82, 2.24) is 4.98 Å². The molecule has 6 rings (SSSR count). The minimum absolute atomic E-state index is 0.124. The Morgan fingerprint density at radius 3 is 2.49 bits per heavy atom. The molecular weight excluding hydrogens is 534 g/mol. The van der Waals surface area contributed by atoms with Gasteiger partial charge in [0.15, 0.2) is 11.5 Å². The molecule has 39 heavy (non-hydrogen) atoms. The van der Waals surface area contributed by atoms with E-state index in [1.807, 2.05) is 66.9 Å². The van der Waals surface area contributed by atoms with Gasteiger partial charge in [-0.05, 0) is 53.3 Å². The quantitative estimate of drug-likeness (QED) is 0.189. The molecule has 0 atom stereocenters. The van der Waals surface area contributed by atoms with Crippen LogP contribution in [0.2, 0.25) is 5.02 Å². The zero-order valence-corrected chi connectivity index (χ0v) is 22.6. The maximum absolute atomic E-state index is 12.3. The van der Waals surface area contributed by atoms with Crippen LogP contribution in [-0.2, 0) is 13.0 Å². The summed E-state index contributed by atoms with van der Waals surface area (Å²) in [6, 6.07) is 25.1. The van der Waals surface area contributed by atoms with Crippen molar-refractivity contribution < 1.29 is 24.1 Å². The Morgan fingerprint density at radius 2 is 1.77 bits per heavy atom. The molecule has 8 heteroatoms. The van der Waals surface area contributed by atoms with E-state index in [1.54, 1.807) is 17.8 Å².